The van der Waals surface area contributed by atoms with E-state index in [9.17, 15) is 0 Å². The smallest absolute Gasteiger partial charge is 0.136 e. The van der Waals surface area contributed by atoms with E-state index in [4.69, 9.17) is 4.74 Å². The van der Waals surface area contributed by atoms with Crippen LogP contribution in [0.25, 0.3) is 5.65 Å². The number of hydrogen-bond donors (Lipinski definition) is 1. The second-order valence-corrected chi connectivity index (χ2v) is 3.35. The monoisotopic (exact) mass is 205 g/mol. The lowest BCUT2D eigenvalue weighted by molar-refractivity contribution is 0.199. The lowest BCUT2D eigenvalue weighted by Crippen LogP contribution is -2.19. The summed E-state index contributed by atoms with van der Waals surface area (Å²) in [4.78, 5) is 4.31. The Morgan fingerprint density at radius 2 is 2.40 bits per heavy atom. The average molecular weight is 205 g/mol. The third-order valence-corrected chi connectivity index (χ3v) is 2.28. The molecule has 0 radical (unpaired) electrons. The van der Waals surface area contributed by atoms with Gasteiger partial charge < -0.3 is 14.5 Å². The average Bonchev–Trinajstić information content (AvgIpc) is 2.68. The van der Waals surface area contributed by atoms with Gasteiger partial charge in [0.05, 0.1) is 18.5 Å². The molecule has 15 heavy (non-hydrogen) atoms. The van der Waals surface area contributed by atoms with Crippen molar-refractivity contribution in [3.63, 3.8) is 0 Å². The minimum Gasteiger partial charge on any atom is -0.383 e. The Morgan fingerprint density at radius 1 is 1.47 bits per heavy atom. The standard InChI is InChI=1S/C11H15N3O/c1-15-7-5-12-8-10-9-13-11-4-2-3-6-14(10)11/h2-4,6,9,12H,5,7-8H2,1H3. The summed E-state index contributed by atoms with van der Waals surface area (Å²) in [5, 5.41) is 3.30. The van der Waals surface area contributed by atoms with Crippen molar-refractivity contribution in [1.29, 1.82) is 0 Å². The van der Waals surface area contributed by atoms with Crippen LogP contribution in [0.15, 0.2) is 30.6 Å². The maximum atomic E-state index is 4.96. The van der Waals surface area contributed by atoms with Gasteiger partial charge in [0.25, 0.3) is 0 Å². The molecule has 0 aromatic carbocycles. The van der Waals surface area contributed by atoms with Crippen LogP contribution in [0.5, 0.6) is 0 Å². The van der Waals surface area contributed by atoms with Crippen molar-refractivity contribution in [1.82, 2.24) is 14.7 Å². The Kier molecular flexibility index (Phi) is 3.32. The van der Waals surface area contributed by atoms with Crippen LogP contribution < -0.4 is 5.32 Å². The molecule has 2 heterocycles. The highest BCUT2D eigenvalue weighted by molar-refractivity contribution is 5.39. The molecule has 1 N–H and O–H groups in total. The van der Waals surface area contributed by atoms with Crippen molar-refractivity contribution >= 4 is 5.65 Å². The number of nitrogens with one attached hydrogen (secondary N) is 1. The van der Waals surface area contributed by atoms with Gasteiger partial charge in [0.15, 0.2) is 0 Å². The molecule has 0 aliphatic rings. The Morgan fingerprint density at radius 3 is 3.27 bits per heavy atom. The van der Waals surface area contributed by atoms with E-state index in [1.54, 1.807) is 7.11 Å². The van der Waals surface area contributed by atoms with Crippen molar-refractivity contribution < 1.29 is 4.74 Å². The van der Waals surface area contributed by atoms with E-state index in [-0.39, 0.29) is 0 Å². The highest BCUT2D eigenvalue weighted by Crippen LogP contribution is 2.05. The van der Waals surface area contributed by atoms with E-state index in [1.807, 2.05) is 30.6 Å². The van der Waals surface area contributed by atoms with E-state index in [0.717, 1.165) is 25.3 Å². The van der Waals surface area contributed by atoms with Gasteiger partial charge in [-0.1, -0.05) is 6.07 Å². The number of rotatable bonds is 5. The van der Waals surface area contributed by atoms with Crippen molar-refractivity contribution in [3.05, 3.63) is 36.3 Å². The largest absolute Gasteiger partial charge is 0.383 e. The second kappa shape index (κ2) is 4.91. The number of hydrogen-bond acceptors (Lipinski definition) is 3. The third-order valence-electron chi connectivity index (χ3n) is 2.28. The fraction of sp³-hybridized carbons (Fsp3) is 0.364. The molecule has 0 bridgehead atoms. The van der Waals surface area contributed by atoms with Gasteiger partial charge >= 0.3 is 0 Å². The van der Waals surface area contributed by atoms with E-state index in [2.05, 4.69) is 14.7 Å². The third kappa shape index (κ3) is 2.34. The number of aromatic nitrogens is 2. The van der Waals surface area contributed by atoms with Crippen LogP contribution in [0.4, 0.5) is 0 Å². The number of fused-ring (bicyclic) bond motifs is 1. The Hall–Kier alpha value is -1.39. The molecule has 2 aromatic heterocycles. The molecule has 4 heteroatoms. The number of ether oxygens (including phenoxy) is 1. The molecule has 0 saturated heterocycles. The van der Waals surface area contributed by atoms with Gasteiger partial charge in [-0.15, -0.1) is 0 Å². The van der Waals surface area contributed by atoms with Crippen LogP contribution in [0.2, 0.25) is 0 Å². The van der Waals surface area contributed by atoms with E-state index in [1.165, 1.54) is 5.69 Å². The molecule has 2 rings (SSSR count). The first-order chi connectivity index (χ1) is 7.42. The van der Waals surface area contributed by atoms with Crippen LogP contribution in [-0.4, -0.2) is 29.6 Å². The van der Waals surface area contributed by atoms with Gasteiger partial charge in [0.1, 0.15) is 5.65 Å². The van der Waals surface area contributed by atoms with Crippen molar-refractivity contribution in [2.75, 3.05) is 20.3 Å². The SMILES string of the molecule is COCCNCc1cnc2ccccn12. The summed E-state index contributed by atoms with van der Waals surface area (Å²) in [6, 6.07) is 6.00. The highest BCUT2D eigenvalue weighted by Gasteiger charge is 2.00. The predicted molar refractivity (Wildman–Crippen MR) is 58.8 cm³/mol. The summed E-state index contributed by atoms with van der Waals surface area (Å²) >= 11 is 0. The number of imidazole rings is 1. The number of pyridine rings is 1. The molecule has 4 nitrogen and oxygen atoms in total. The maximum Gasteiger partial charge on any atom is 0.136 e. The molecule has 2 aromatic rings. The van der Waals surface area contributed by atoms with Crippen molar-refractivity contribution in [2.24, 2.45) is 0 Å². The van der Waals surface area contributed by atoms with E-state index >= 15 is 0 Å². The van der Waals surface area contributed by atoms with Crippen LogP contribution in [-0.2, 0) is 11.3 Å². The molecule has 0 amide bonds. The molecule has 0 atom stereocenters. The van der Waals surface area contributed by atoms with Gasteiger partial charge in [-0.05, 0) is 12.1 Å². The van der Waals surface area contributed by atoms with E-state index in [0.29, 0.717) is 0 Å². The molecule has 0 aliphatic carbocycles. The second-order valence-electron chi connectivity index (χ2n) is 3.35. The molecule has 0 saturated carbocycles. The quantitative estimate of drug-likeness (QED) is 0.742. The molecule has 0 aliphatic heterocycles. The van der Waals surface area contributed by atoms with E-state index < -0.39 is 0 Å². The first kappa shape index (κ1) is 10.1. The minimum absolute atomic E-state index is 0.733. The summed E-state index contributed by atoms with van der Waals surface area (Å²) < 4.78 is 7.05. The Balaban J connectivity index is 2.02. The molecular formula is C11H15N3O. The topological polar surface area (TPSA) is 38.6 Å². The minimum atomic E-state index is 0.733. The van der Waals surface area contributed by atoms with Crippen molar-refractivity contribution in [3.8, 4) is 0 Å². The van der Waals surface area contributed by atoms with Gasteiger partial charge in [0.2, 0.25) is 0 Å². The maximum absolute atomic E-state index is 4.96. The van der Waals surface area contributed by atoms with Gasteiger partial charge in [-0.3, -0.25) is 0 Å². The van der Waals surface area contributed by atoms with Gasteiger partial charge in [-0.25, -0.2) is 4.98 Å². The summed E-state index contributed by atoms with van der Waals surface area (Å²) in [5.41, 5.74) is 2.16. The Labute approximate surface area is 88.9 Å². The zero-order valence-electron chi connectivity index (χ0n) is 8.81. The molecular weight excluding hydrogens is 190 g/mol. The normalized spacial score (nSPS) is 11.0. The first-order valence-electron chi connectivity index (χ1n) is 5.02. The first-order valence-corrected chi connectivity index (χ1v) is 5.02. The van der Waals surface area contributed by atoms with Crippen molar-refractivity contribution in [2.45, 2.75) is 6.54 Å². The lowest BCUT2D eigenvalue weighted by atomic mass is 10.4. The molecule has 0 unspecified atom stereocenters. The lowest BCUT2D eigenvalue weighted by Gasteiger charge is -2.03. The fourth-order valence-electron chi connectivity index (χ4n) is 1.51. The number of nitrogens with zero attached hydrogens (tertiary/aromatic N) is 2. The van der Waals surface area contributed by atoms with Gasteiger partial charge in [-0.2, -0.15) is 0 Å². The number of methoxy groups -OCH3 is 1. The van der Waals surface area contributed by atoms with Gasteiger partial charge in [0, 0.05) is 26.4 Å². The summed E-state index contributed by atoms with van der Waals surface area (Å²) in [6.07, 6.45) is 3.92. The zero-order valence-corrected chi connectivity index (χ0v) is 8.81. The van der Waals surface area contributed by atoms with Crippen LogP contribution in [0.1, 0.15) is 5.69 Å². The Bertz CT molecular complexity index is 424. The summed E-state index contributed by atoms with van der Waals surface area (Å²) in [6.45, 7) is 2.40. The highest BCUT2D eigenvalue weighted by atomic mass is 16.5. The molecule has 80 valence electrons. The van der Waals surface area contributed by atoms with Crippen LogP contribution in [0.3, 0.4) is 0 Å². The molecule has 0 fully saturated rings. The molecule has 0 spiro atoms. The predicted octanol–water partition coefficient (Wildman–Crippen LogP) is 1.07. The van der Waals surface area contributed by atoms with Crippen LogP contribution >= 0.6 is 0 Å². The summed E-state index contributed by atoms with van der Waals surface area (Å²) in [5.74, 6) is 0. The fourth-order valence-corrected chi connectivity index (χ4v) is 1.51. The zero-order chi connectivity index (χ0) is 10.5. The summed E-state index contributed by atoms with van der Waals surface area (Å²) in [7, 11) is 1.70. The van der Waals surface area contributed by atoms with Crippen LogP contribution in [0, 0.1) is 0 Å².